The maximum absolute atomic E-state index is 12.9. The van der Waals surface area contributed by atoms with Crippen molar-refractivity contribution in [2.75, 3.05) is 45.7 Å². The van der Waals surface area contributed by atoms with Gasteiger partial charge in [-0.25, -0.2) is 8.42 Å². The first-order valence-electron chi connectivity index (χ1n) is 9.43. The molecule has 0 spiro atoms. The number of alkyl halides is 2. The number of benzene rings is 2. The molecule has 0 saturated carbocycles. The van der Waals surface area contributed by atoms with Crippen LogP contribution in [0.1, 0.15) is 10.4 Å². The Morgan fingerprint density at radius 1 is 1.06 bits per heavy atom. The van der Waals surface area contributed by atoms with Crippen LogP contribution in [-0.2, 0) is 10.0 Å². The van der Waals surface area contributed by atoms with Crippen molar-refractivity contribution >= 4 is 21.6 Å². The highest BCUT2D eigenvalue weighted by Crippen LogP contribution is 2.31. The third kappa shape index (κ3) is 5.49. The largest absolute Gasteiger partial charge is 0.493 e. The molecule has 0 bridgehead atoms. The van der Waals surface area contributed by atoms with E-state index in [9.17, 15) is 22.0 Å². The summed E-state index contributed by atoms with van der Waals surface area (Å²) in [5.74, 6) is -0.746. The fourth-order valence-corrected chi connectivity index (χ4v) is 4.59. The first-order chi connectivity index (χ1) is 14.7. The number of hydrogen-bond donors (Lipinski definition) is 1. The van der Waals surface area contributed by atoms with Crippen LogP contribution in [0.25, 0.3) is 0 Å². The van der Waals surface area contributed by atoms with Crippen molar-refractivity contribution in [2.45, 2.75) is 11.5 Å². The number of ether oxygens (including phenoxy) is 2. The average molecular weight is 455 g/mol. The van der Waals surface area contributed by atoms with E-state index in [0.717, 1.165) is 0 Å². The first-order valence-corrected chi connectivity index (χ1v) is 10.9. The number of hydrogen-bond acceptors (Lipinski definition) is 6. The van der Waals surface area contributed by atoms with E-state index in [-0.39, 0.29) is 27.6 Å². The predicted molar refractivity (Wildman–Crippen MR) is 110 cm³/mol. The minimum atomic E-state index is -3.74. The maximum Gasteiger partial charge on any atom is 0.387 e. The van der Waals surface area contributed by atoms with Crippen molar-refractivity contribution in [3.63, 3.8) is 0 Å². The summed E-state index contributed by atoms with van der Waals surface area (Å²) < 4.78 is 61.8. The summed E-state index contributed by atoms with van der Waals surface area (Å²) in [5, 5.41) is 2.55. The van der Waals surface area contributed by atoms with Crippen molar-refractivity contribution in [3.05, 3.63) is 48.0 Å². The Morgan fingerprint density at radius 2 is 1.77 bits per heavy atom. The SMILES string of the molecule is COc1ccc(NC(=O)c2cccc(S(=O)(=O)N3CCN(C)CC3)c2)cc1OC(F)F. The van der Waals surface area contributed by atoms with Gasteiger partial charge >= 0.3 is 6.61 Å². The van der Waals surface area contributed by atoms with E-state index >= 15 is 0 Å². The molecule has 0 radical (unpaired) electrons. The number of carbonyl (C=O) groups is 1. The molecular formula is C20H23F2N3O5S. The van der Waals surface area contributed by atoms with Gasteiger partial charge in [-0.05, 0) is 37.4 Å². The van der Waals surface area contributed by atoms with Gasteiger partial charge in [0.05, 0.1) is 12.0 Å². The van der Waals surface area contributed by atoms with E-state index in [4.69, 9.17) is 4.74 Å². The Hall–Kier alpha value is -2.76. The summed E-state index contributed by atoms with van der Waals surface area (Å²) in [5.41, 5.74) is 0.302. The summed E-state index contributed by atoms with van der Waals surface area (Å²) in [6.07, 6.45) is 0. The van der Waals surface area contributed by atoms with Gasteiger partial charge in [-0.1, -0.05) is 6.07 Å². The van der Waals surface area contributed by atoms with Crippen molar-refractivity contribution in [1.29, 1.82) is 0 Å². The van der Waals surface area contributed by atoms with Crippen LogP contribution in [0.2, 0.25) is 0 Å². The Morgan fingerprint density at radius 3 is 2.42 bits per heavy atom. The number of carbonyl (C=O) groups excluding carboxylic acids is 1. The Kier molecular flexibility index (Phi) is 7.08. The molecule has 168 valence electrons. The third-order valence-electron chi connectivity index (χ3n) is 4.83. The smallest absolute Gasteiger partial charge is 0.387 e. The molecular weight excluding hydrogens is 432 g/mol. The van der Waals surface area contributed by atoms with Crippen LogP contribution in [0, 0.1) is 0 Å². The van der Waals surface area contributed by atoms with Crippen molar-refractivity contribution in [3.8, 4) is 11.5 Å². The predicted octanol–water partition coefficient (Wildman–Crippen LogP) is 2.49. The molecule has 1 heterocycles. The minimum Gasteiger partial charge on any atom is -0.493 e. The van der Waals surface area contributed by atoms with Gasteiger partial charge in [-0.2, -0.15) is 13.1 Å². The molecule has 0 unspecified atom stereocenters. The normalized spacial score (nSPS) is 15.6. The summed E-state index contributed by atoms with van der Waals surface area (Å²) in [7, 11) is -0.510. The van der Waals surface area contributed by atoms with Gasteiger partial charge in [0, 0.05) is 43.5 Å². The second-order valence-corrected chi connectivity index (χ2v) is 8.87. The summed E-state index contributed by atoms with van der Waals surface area (Å²) in [6.45, 7) is -1.07. The number of halogens is 2. The average Bonchev–Trinajstić information content (AvgIpc) is 2.74. The number of piperazine rings is 1. The minimum absolute atomic E-state index is 0.0150. The van der Waals surface area contributed by atoms with Crippen LogP contribution < -0.4 is 14.8 Å². The van der Waals surface area contributed by atoms with Crippen molar-refractivity contribution in [2.24, 2.45) is 0 Å². The van der Waals surface area contributed by atoms with Gasteiger partial charge in [0.2, 0.25) is 10.0 Å². The van der Waals surface area contributed by atoms with Crippen LogP contribution in [0.15, 0.2) is 47.4 Å². The van der Waals surface area contributed by atoms with Gasteiger partial charge in [0.25, 0.3) is 5.91 Å². The molecule has 0 aliphatic carbocycles. The van der Waals surface area contributed by atoms with E-state index in [1.807, 2.05) is 11.9 Å². The van der Waals surface area contributed by atoms with Gasteiger partial charge in [0.15, 0.2) is 11.5 Å². The molecule has 1 fully saturated rings. The number of likely N-dealkylation sites (N-methyl/N-ethyl adjacent to an activating group) is 1. The highest BCUT2D eigenvalue weighted by molar-refractivity contribution is 7.89. The monoisotopic (exact) mass is 455 g/mol. The molecule has 1 amide bonds. The summed E-state index contributed by atoms with van der Waals surface area (Å²) in [6, 6.07) is 9.72. The molecule has 2 aromatic rings. The highest BCUT2D eigenvalue weighted by atomic mass is 32.2. The molecule has 1 aliphatic rings. The fourth-order valence-electron chi connectivity index (χ4n) is 3.12. The van der Waals surface area contributed by atoms with Crippen LogP contribution in [-0.4, -0.2) is 70.5 Å². The first kappa shape index (κ1) is 22.9. The molecule has 2 aromatic carbocycles. The van der Waals surface area contributed by atoms with Gasteiger partial charge in [-0.3, -0.25) is 4.79 Å². The van der Waals surface area contributed by atoms with Crippen molar-refractivity contribution in [1.82, 2.24) is 9.21 Å². The summed E-state index contributed by atoms with van der Waals surface area (Å²) >= 11 is 0. The van der Waals surface area contributed by atoms with Crippen LogP contribution in [0.4, 0.5) is 14.5 Å². The van der Waals surface area contributed by atoms with Gasteiger partial charge in [-0.15, -0.1) is 0 Å². The second kappa shape index (κ2) is 9.58. The van der Waals surface area contributed by atoms with Gasteiger partial charge < -0.3 is 19.7 Å². The van der Waals surface area contributed by atoms with E-state index in [1.165, 1.54) is 53.9 Å². The van der Waals surface area contributed by atoms with Crippen molar-refractivity contribution < 1.29 is 31.5 Å². The number of nitrogens with zero attached hydrogens (tertiary/aromatic N) is 2. The van der Waals surface area contributed by atoms with E-state index in [2.05, 4.69) is 10.1 Å². The van der Waals surface area contributed by atoms with Crippen LogP contribution >= 0.6 is 0 Å². The topological polar surface area (TPSA) is 88.2 Å². The Bertz CT molecular complexity index is 1040. The zero-order chi connectivity index (χ0) is 22.6. The Balaban J connectivity index is 1.79. The fraction of sp³-hybridized carbons (Fsp3) is 0.350. The Labute approximate surface area is 179 Å². The molecule has 31 heavy (non-hydrogen) atoms. The molecule has 11 heteroatoms. The third-order valence-corrected chi connectivity index (χ3v) is 6.73. The molecule has 3 rings (SSSR count). The van der Waals surface area contributed by atoms with E-state index in [0.29, 0.717) is 26.2 Å². The second-order valence-electron chi connectivity index (χ2n) is 6.93. The molecule has 1 saturated heterocycles. The lowest BCUT2D eigenvalue weighted by Gasteiger charge is -2.31. The van der Waals surface area contributed by atoms with E-state index in [1.54, 1.807) is 0 Å². The number of sulfonamides is 1. The number of nitrogens with one attached hydrogen (secondary N) is 1. The molecule has 1 N–H and O–H groups in total. The quantitative estimate of drug-likeness (QED) is 0.690. The molecule has 8 nitrogen and oxygen atoms in total. The number of amides is 1. The van der Waals surface area contributed by atoms with Crippen LogP contribution in [0.3, 0.4) is 0 Å². The molecule has 0 atom stereocenters. The number of methoxy groups -OCH3 is 1. The lowest BCUT2D eigenvalue weighted by Crippen LogP contribution is -2.47. The number of anilines is 1. The van der Waals surface area contributed by atoms with Crippen LogP contribution in [0.5, 0.6) is 11.5 Å². The molecule has 0 aromatic heterocycles. The van der Waals surface area contributed by atoms with Gasteiger partial charge in [0.1, 0.15) is 0 Å². The zero-order valence-electron chi connectivity index (χ0n) is 17.0. The standard InChI is InChI=1S/C20H23F2N3O5S/c1-24-8-10-25(11-9-24)31(27,28)16-5-3-4-14(12-16)19(26)23-15-6-7-17(29-2)18(13-15)30-20(21)22/h3-7,12-13,20H,8-11H2,1-2H3,(H,23,26). The highest BCUT2D eigenvalue weighted by Gasteiger charge is 2.28. The van der Waals surface area contributed by atoms with E-state index < -0.39 is 22.5 Å². The number of rotatable bonds is 7. The maximum atomic E-state index is 12.9. The lowest BCUT2D eigenvalue weighted by atomic mass is 10.2. The summed E-state index contributed by atoms with van der Waals surface area (Å²) in [4.78, 5) is 14.7. The molecule has 1 aliphatic heterocycles. The zero-order valence-corrected chi connectivity index (χ0v) is 17.9. The lowest BCUT2D eigenvalue weighted by molar-refractivity contribution is -0.0511.